The molecular formula is C26H25F4NO5S. The molecular weight excluding hydrogens is 514 g/mol. The van der Waals surface area contributed by atoms with Gasteiger partial charge in [0.25, 0.3) is 0 Å². The number of hydrogen-bond donors (Lipinski definition) is 2. The molecule has 3 aromatic rings. The fraction of sp³-hybridized carbons (Fsp3) is 0.423. The SMILES string of the molecule is Cc1cc(-n2c(C3CCS(=O)(=O)CC3)c(C3CC(C(=O)O)(C(F)(F)F)C3)c3cc(O)ccc32)ccc1F. The maximum Gasteiger partial charge on any atom is 0.404 e. The zero-order valence-electron chi connectivity index (χ0n) is 19.8. The number of phenolic OH excluding ortho intramolecular Hbond substituents is 1. The molecule has 1 aliphatic carbocycles. The Labute approximate surface area is 210 Å². The van der Waals surface area contributed by atoms with E-state index in [0.29, 0.717) is 33.4 Å². The molecule has 6 nitrogen and oxygen atoms in total. The zero-order valence-corrected chi connectivity index (χ0v) is 20.7. The Morgan fingerprint density at radius 2 is 1.70 bits per heavy atom. The van der Waals surface area contributed by atoms with Gasteiger partial charge in [-0.1, -0.05) is 0 Å². The number of halogens is 4. The van der Waals surface area contributed by atoms with Crippen LogP contribution >= 0.6 is 0 Å². The number of alkyl halides is 3. The minimum atomic E-state index is -4.94. The second-order valence-corrected chi connectivity index (χ2v) is 12.5. The van der Waals surface area contributed by atoms with E-state index in [4.69, 9.17) is 0 Å². The molecule has 2 fully saturated rings. The molecule has 1 aromatic heterocycles. The van der Waals surface area contributed by atoms with Gasteiger partial charge >= 0.3 is 12.1 Å². The smallest absolute Gasteiger partial charge is 0.404 e. The van der Waals surface area contributed by atoms with E-state index in [0.717, 1.165) is 0 Å². The fourth-order valence-corrected chi connectivity index (χ4v) is 7.37. The van der Waals surface area contributed by atoms with Crippen molar-refractivity contribution in [3.05, 3.63) is 59.0 Å². The first-order valence-electron chi connectivity index (χ1n) is 11.9. The van der Waals surface area contributed by atoms with Crippen LogP contribution in [0, 0.1) is 18.2 Å². The summed E-state index contributed by atoms with van der Waals surface area (Å²) in [6.45, 7) is 1.58. The van der Waals surface area contributed by atoms with E-state index < -0.39 is 52.0 Å². The van der Waals surface area contributed by atoms with Gasteiger partial charge in [-0.15, -0.1) is 0 Å². The van der Waals surface area contributed by atoms with Crippen LogP contribution in [0.1, 0.15) is 54.3 Å². The van der Waals surface area contributed by atoms with Gasteiger partial charge in [0.05, 0.1) is 17.0 Å². The Kier molecular flexibility index (Phi) is 5.85. The molecule has 1 saturated carbocycles. The van der Waals surface area contributed by atoms with Gasteiger partial charge in [0, 0.05) is 22.7 Å². The number of benzene rings is 2. The second-order valence-electron chi connectivity index (χ2n) is 10.2. The summed E-state index contributed by atoms with van der Waals surface area (Å²) >= 11 is 0. The molecule has 198 valence electrons. The van der Waals surface area contributed by atoms with Crippen LogP contribution in [0.25, 0.3) is 16.6 Å². The maximum absolute atomic E-state index is 14.1. The number of rotatable bonds is 4. The Hall–Kier alpha value is -3.08. The highest BCUT2D eigenvalue weighted by Gasteiger charge is 2.68. The molecule has 5 rings (SSSR count). The number of aromatic nitrogens is 1. The predicted octanol–water partition coefficient (Wildman–Crippen LogP) is 5.59. The fourth-order valence-electron chi connectivity index (χ4n) is 5.88. The highest BCUT2D eigenvalue weighted by Crippen LogP contribution is 2.62. The summed E-state index contributed by atoms with van der Waals surface area (Å²) < 4.78 is 81.8. The van der Waals surface area contributed by atoms with Crippen LogP contribution < -0.4 is 0 Å². The lowest BCUT2D eigenvalue weighted by atomic mass is 9.58. The average Bonchev–Trinajstić information content (AvgIpc) is 3.08. The first-order chi connectivity index (χ1) is 17.2. The van der Waals surface area contributed by atoms with Gasteiger partial charge in [0.15, 0.2) is 5.41 Å². The van der Waals surface area contributed by atoms with Gasteiger partial charge in [-0.3, -0.25) is 4.79 Å². The molecule has 11 heteroatoms. The van der Waals surface area contributed by atoms with Crippen LogP contribution in [0.5, 0.6) is 5.75 Å². The number of nitrogens with zero attached hydrogens (tertiary/aromatic N) is 1. The highest BCUT2D eigenvalue weighted by atomic mass is 32.2. The van der Waals surface area contributed by atoms with Gasteiger partial charge in [0.1, 0.15) is 21.4 Å². The second kappa shape index (κ2) is 8.47. The molecule has 1 aliphatic heterocycles. The third-order valence-electron chi connectivity index (χ3n) is 7.92. The quantitative estimate of drug-likeness (QED) is 0.422. The summed E-state index contributed by atoms with van der Waals surface area (Å²) in [5.41, 5.74) is -0.345. The van der Waals surface area contributed by atoms with Gasteiger partial charge in [-0.2, -0.15) is 13.2 Å². The molecule has 37 heavy (non-hydrogen) atoms. The zero-order chi connectivity index (χ0) is 26.9. The molecule has 0 amide bonds. The molecule has 0 bridgehead atoms. The Morgan fingerprint density at radius 1 is 1.05 bits per heavy atom. The van der Waals surface area contributed by atoms with Crippen LogP contribution in [0.4, 0.5) is 17.6 Å². The summed E-state index contributed by atoms with van der Waals surface area (Å²) in [5.74, 6) is -3.76. The minimum absolute atomic E-state index is 0.0847. The van der Waals surface area contributed by atoms with Crippen molar-refractivity contribution >= 4 is 26.7 Å². The minimum Gasteiger partial charge on any atom is -0.508 e. The van der Waals surface area contributed by atoms with Crippen molar-refractivity contribution in [2.75, 3.05) is 11.5 Å². The molecule has 2 heterocycles. The Bertz CT molecular complexity index is 1510. The maximum atomic E-state index is 14.1. The molecule has 1 saturated heterocycles. The average molecular weight is 540 g/mol. The summed E-state index contributed by atoms with van der Waals surface area (Å²) in [6, 6.07) is 8.92. The predicted molar refractivity (Wildman–Crippen MR) is 128 cm³/mol. The van der Waals surface area contributed by atoms with Crippen molar-refractivity contribution in [2.45, 2.75) is 50.6 Å². The lowest BCUT2D eigenvalue weighted by molar-refractivity contribution is -0.256. The van der Waals surface area contributed by atoms with E-state index in [9.17, 15) is 41.0 Å². The van der Waals surface area contributed by atoms with E-state index in [-0.39, 0.29) is 36.0 Å². The van der Waals surface area contributed by atoms with Crippen LogP contribution in [0.3, 0.4) is 0 Å². The van der Waals surface area contributed by atoms with Gasteiger partial charge in [-0.25, -0.2) is 12.8 Å². The number of aromatic hydroxyl groups is 1. The monoisotopic (exact) mass is 539 g/mol. The van der Waals surface area contributed by atoms with Crippen LogP contribution in [0.2, 0.25) is 0 Å². The number of phenols is 1. The van der Waals surface area contributed by atoms with Crippen molar-refractivity contribution in [1.29, 1.82) is 0 Å². The number of carbonyl (C=O) groups is 1. The third-order valence-corrected chi connectivity index (χ3v) is 9.63. The normalized spacial score (nSPS) is 24.2. The van der Waals surface area contributed by atoms with Crippen molar-refractivity contribution in [3.8, 4) is 11.4 Å². The summed E-state index contributed by atoms with van der Waals surface area (Å²) in [7, 11) is -3.25. The molecule has 0 atom stereocenters. The van der Waals surface area contributed by atoms with Crippen LogP contribution in [-0.4, -0.2) is 46.8 Å². The highest BCUT2D eigenvalue weighted by molar-refractivity contribution is 7.91. The van der Waals surface area contributed by atoms with Crippen LogP contribution in [-0.2, 0) is 14.6 Å². The van der Waals surface area contributed by atoms with E-state index in [1.54, 1.807) is 29.7 Å². The molecule has 2 aliphatic rings. The largest absolute Gasteiger partial charge is 0.508 e. The van der Waals surface area contributed by atoms with E-state index in [1.165, 1.54) is 18.2 Å². The third kappa shape index (κ3) is 4.07. The summed E-state index contributed by atoms with van der Waals surface area (Å²) in [6.07, 6.45) is -5.78. The molecule has 2 aromatic carbocycles. The lowest BCUT2D eigenvalue weighted by Gasteiger charge is -2.46. The number of fused-ring (bicyclic) bond motifs is 1. The molecule has 2 N–H and O–H groups in total. The Balaban J connectivity index is 1.75. The van der Waals surface area contributed by atoms with Crippen LogP contribution in [0.15, 0.2) is 36.4 Å². The summed E-state index contributed by atoms with van der Waals surface area (Å²) in [5, 5.41) is 20.2. The Morgan fingerprint density at radius 3 is 2.27 bits per heavy atom. The van der Waals surface area contributed by atoms with Gasteiger partial charge < -0.3 is 14.8 Å². The van der Waals surface area contributed by atoms with E-state index >= 15 is 0 Å². The van der Waals surface area contributed by atoms with Crippen molar-refractivity contribution in [1.82, 2.24) is 4.57 Å². The number of sulfone groups is 1. The molecule has 0 radical (unpaired) electrons. The van der Waals surface area contributed by atoms with Gasteiger partial charge in [-0.05, 0) is 86.1 Å². The van der Waals surface area contributed by atoms with E-state index in [1.807, 2.05) is 0 Å². The van der Waals surface area contributed by atoms with E-state index in [2.05, 4.69) is 0 Å². The van der Waals surface area contributed by atoms with Crippen molar-refractivity contribution in [3.63, 3.8) is 0 Å². The lowest BCUT2D eigenvalue weighted by Crippen LogP contribution is -2.53. The standard InChI is InChI=1S/C26H25F4NO5S/c1-14-10-17(2-4-20(14)27)31-21-5-3-18(32)11-19(21)22(23(31)15-6-8-37(35,36)9-7-15)16-12-25(13-16,24(33)34)26(28,29)30/h2-5,10-11,15-16,32H,6-9,12-13H2,1H3,(H,33,34). The van der Waals surface area contributed by atoms with Crippen molar-refractivity contribution < 1.29 is 41.0 Å². The van der Waals surface area contributed by atoms with Gasteiger partial charge in [0.2, 0.25) is 0 Å². The first-order valence-corrected chi connectivity index (χ1v) is 13.7. The number of carboxylic acid groups (broad SMARTS) is 1. The molecule has 0 spiro atoms. The number of aliphatic carboxylic acids is 1. The number of aryl methyl sites for hydroxylation is 1. The molecule has 0 unspecified atom stereocenters. The number of hydrogen-bond acceptors (Lipinski definition) is 4. The number of carboxylic acids is 1. The van der Waals surface area contributed by atoms with Crippen molar-refractivity contribution in [2.24, 2.45) is 5.41 Å². The summed E-state index contributed by atoms with van der Waals surface area (Å²) in [4.78, 5) is 11.7. The topological polar surface area (TPSA) is 96.6 Å². The first kappa shape index (κ1) is 25.6.